The van der Waals surface area contributed by atoms with E-state index in [9.17, 15) is 0 Å². The van der Waals surface area contributed by atoms with E-state index < -0.39 is 0 Å². The number of aromatic nitrogens is 4. The number of hydrogen-bond donors (Lipinski definition) is 1. The van der Waals surface area contributed by atoms with Crippen LogP contribution in [0.4, 0.5) is 5.82 Å². The average Bonchev–Trinajstić information content (AvgIpc) is 3.27. The van der Waals surface area contributed by atoms with Gasteiger partial charge in [0.2, 0.25) is 0 Å². The summed E-state index contributed by atoms with van der Waals surface area (Å²) >= 11 is 0. The maximum Gasteiger partial charge on any atom is 0.199 e. The minimum atomic E-state index is 0.183. The number of imidazole rings is 1. The SMILES string of the molecule is COc1ccccc1-n1cc(-c2cccc(C)c2)nc1-c1nonc1N. The van der Waals surface area contributed by atoms with Gasteiger partial charge in [0.1, 0.15) is 5.75 Å². The van der Waals surface area contributed by atoms with Crippen molar-refractivity contribution in [1.29, 1.82) is 0 Å². The van der Waals surface area contributed by atoms with Crippen molar-refractivity contribution < 1.29 is 9.37 Å². The summed E-state index contributed by atoms with van der Waals surface area (Å²) in [5.41, 5.74) is 10.0. The van der Waals surface area contributed by atoms with Gasteiger partial charge < -0.3 is 10.5 Å². The first kappa shape index (κ1) is 15.9. The molecule has 0 unspecified atom stereocenters. The van der Waals surface area contributed by atoms with Crippen LogP contribution >= 0.6 is 0 Å². The molecule has 2 N–H and O–H groups in total. The Labute approximate surface area is 150 Å². The molecule has 0 aliphatic heterocycles. The minimum Gasteiger partial charge on any atom is -0.495 e. The zero-order valence-corrected chi connectivity index (χ0v) is 14.4. The Balaban J connectivity index is 1.96. The lowest BCUT2D eigenvalue weighted by Crippen LogP contribution is -2.01. The highest BCUT2D eigenvalue weighted by molar-refractivity contribution is 5.71. The smallest absolute Gasteiger partial charge is 0.199 e. The maximum absolute atomic E-state index is 5.91. The van der Waals surface area contributed by atoms with Crippen molar-refractivity contribution in [3.8, 4) is 34.2 Å². The first-order valence-electron chi connectivity index (χ1n) is 8.05. The fourth-order valence-corrected chi connectivity index (χ4v) is 2.85. The zero-order valence-electron chi connectivity index (χ0n) is 14.4. The van der Waals surface area contributed by atoms with Crippen LogP contribution < -0.4 is 10.5 Å². The molecule has 4 aromatic rings. The van der Waals surface area contributed by atoms with Crippen LogP contribution in [-0.2, 0) is 0 Å². The number of benzene rings is 2. The van der Waals surface area contributed by atoms with Gasteiger partial charge in [-0.1, -0.05) is 35.9 Å². The summed E-state index contributed by atoms with van der Waals surface area (Å²) in [4.78, 5) is 4.74. The molecule has 0 saturated heterocycles. The number of aryl methyl sites for hydroxylation is 1. The molecular weight excluding hydrogens is 330 g/mol. The number of nitrogens with two attached hydrogens (primary N) is 1. The normalized spacial score (nSPS) is 10.8. The van der Waals surface area contributed by atoms with Crippen LogP contribution in [0.15, 0.2) is 59.4 Å². The quantitative estimate of drug-likeness (QED) is 0.607. The number of anilines is 1. The fraction of sp³-hybridized carbons (Fsp3) is 0.105. The topological polar surface area (TPSA) is 92.0 Å². The summed E-state index contributed by atoms with van der Waals surface area (Å²) in [6.07, 6.45) is 1.93. The van der Waals surface area contributed by atoms with E-state index in [0.717, 1.165) is 22.5 Å². The molecule has 130 valence electrons. The summed E-state index contributed by atoms with van der Waals surface area (Å²) in [5, 5.41) is 7.59. The van der Waals surface area contributed by atoms with E-state index in [1.54, 1.807) is 7.11 Å². The third-order valence-corrected chi connectivity index (χ3v) is 4.09. The van der Waals surface area contributed by atoms with E-state index in [0.29, 0.717) is 17.3 Å². The monoisotopic (exact) mass is 347 g/mol. The van der Waals surface area contributed by atoms with Crippen molar-refractivity contribution in [3.63, 3.8) is 0 Å². The summed E-state index contributed by atoms with van der Waals surface area (Å²) in [6, 6.07) is 15.8. The molecule has 0 radical (unpaired) electrons. The van der Waals surface area contributed by atoms with Gasteiger partial charge in [0.15, 0.2) is 17.3 Å². The molecular formula is C19H17N5O2. The Hall–Kier alpha value is -3.61. The molecule has 0 amide bonds. The number of para-hydroxylation sites is 2. The average molecular weight is 347 g/mol. The molecule has 0 aliphatic rings. The molecule has 7 nitrogen and oxygen atoms in total. The van der Waals surface area contributed by atoms with Crippen LogP contribution in [0.5, 0.6) is 5.75 Å². The van der Waals surface area contributed by atoms with Crippen molar-refractivity contribution >= 4 is 5.82 Å². The number of nitrogen functional groups attached to an aromatic ring is 1. The molecule has 0 bridgehead atoms. The molecule has 2 aromatic heterocycles. The Kier molecular flexibility index (Phi) is 3.89. The van der Waals surface area contributed by atoms with E-state index in [1.807, 2.05) is 60.2 Å². The van der Waals surface area contributed by atoms with Gasteiger partial charge in [0.05, 0.1) is 18.5 Å². The molecule has 0 atom stereocenters. The summed E-state index contributed by atoms with van der Waals surface area (Å²) in [6.45, 7) is 2.04. The Morgan fingerprint density at radius 1 is 1.08 bits per heavy atom. The first-order valence-corrected chi connectivity index (χ1v) is 8.05. The number of hydrogen-bond acceptors (Lipinski definition) is 6. The van der Waals surface area contributed by atoms with Crippen molar-refractivity contribution in [3.05, 3.63) is 60.3 Å². The maximum atomic E-state index is 5.91. The van der Waals surface area contributed by atoms with Crippen LogP contribution in [0, 0.1) is 6.92 Å². The molecule has 4 rings (SSSR count). The van der Waals surface area contributed by atoms with Gasteiger partial charge in [-0.15, -0.1) is 0 Å². The van der Waals surface area contributed by atoms with Crippen molar-refractivity contribution in [1.82, 2.24) is 19.9 Å². The zero-order chi connectivity index (χ0) is 18.1. The van der Waals surface area contributed by atoms with E-state index in [2.05, 4.69) is 16.4 Å². The van der Waals surface area contributed by atoms with Gasteiger partial charge in [-0.05, 0) is 35.4 Å². The lowest BCUT2D eigenvalue weighted by atomic mass is 10.1. The first-order chi connectivity index (χ1) is 12.7. The highest BCUT2D eigenvalue weighted by Gasteiger charge is 2.21. The molecule has 2 aromatic carbocycles. The largest absolute Gasteiger partial charge is 0.495 e. The van der Waals surface area contributed by atoms with Crippen LogP contribution in [0.2, 0.25) is 0 Å². The van der Waals surface area contributed by atoms with E-state index in [1.165, 1.54) is 0 Å². The molecule has 7 heteroatoms. The van der Waals surface area contributed by atoms with Gasteiger partial charge in [0, 0.05) is 11.8 Å². The third kappa shape index (κ3) is 2.69. The number of rotatable bonds is 4. The summed E-state index contributed by atoms with van der Waals surface area (Å²) < 4.78 is 12.2. The molecule has 0 fully saturated rings. The predicted octanol–water partition coefficient (Wildman–Crippen LogP) is 3.49. The molecule has 2 heterocycles. The van der Waals surface area contributed by atoms with Crippen molar-refractivity contribution in [2.24, 2.45) is 0 Å². The van der Waals surface area contributed by atoms with E-state index >= 15 is 0 Å². The Morgan fingerprint density at radius 2 is 1.92 bits per heavy atom. The number of ether oxygens (including phenoxy) is 1. The van der Waals surface area contributed by atoms with E-state index in [-0.39, 0.29) is 5.82 Å². The van der Waals surface area contributed by atoms with Crippen LogP contribution in [-0.4, -0.2) is 27.0 Å². The molecule has 0 spiro atoms. The highest BCUT2D eigenvalue weighted by Crippen LogP contribution is 2.32. The molecule has 0 aliphatic carbocycles. The van der Waals surface area contributed by atoms with Crippen LogP contribution in [0.25, 0.3) is 28.5 Å². The number of methoxy groups -OCH3 is 1. The van der Waals surface area contributed by atoms with Gasteiger partial charge in [0.25, 0.3) is 0 Å². The van der Waals surface area contributed by atoms with Gasteiger partial charge >= 0.3 is 0 Å². The second-order valence-corrected chi connectivity index (χ2v) is 5.86. The van der Waals surface area contributed by atoms with E-state index in [4.69, 9.17) is 20.1 Å². The standard InChI is InChI=1S/C19H17N5O2/c1-12-6-5-7-13(10-12)14-11-24(15-8-3-4-9-16(15)25-2)19(21-14)17-18(20)23-26-22-17/h3-11H,1-2H3,(H2,20,23). The summed E-state index contributed by atoms with van der Waals surface area (Å²) in [7, 11) is 1.63. The van der Waals surface area contributed by atoms with Crippen LogP contribution in [0.3, 0.4) is 0 Å². The van der Waals surface area contributed by atoms with Gasteiger partial charge in [-0.3, -0.25) is 4.57 Å². The third-order valence-electron chi connectivity index (χ3n) is 4.09. The van der Waals surface area contributed by atoms with Crippen molar-refractivity contribution in [2.75, 3.05) is 12.8 Å². The van der Waals surface area contributed by atoms with Gasteiger partial charge in [-0.25, -0.2) is 9.61 Å². The minimum absolute atomic E-state index is 0.183. The van der Waals surface area contributed by atoms with Crippen LogP contribution in [0.1, 0.15) is 5.56 Å². The van der Waals surface area contributed by atoms with Gasteiger partial charge in [-0.2, -0.15) is 0 Å². The fourth-order valence-electron chi connectivity index (χ4n) is 2.85. The van der Waals surface area contributed by atoms with Crippen molar-refractivity contribution in [2.45, 2.75) is 6.92 Å². The second kappa shape index (κ2) is 6.36. The Bertz CT molecular complexity index is 1070. The Morgan fingerprint density at radius 3 is 2.65 bits per heavy atom. The molecule has 0 saturated carbocycles. The molecule has 26 heavy (non-hydrogen) atoms. The lowest BCUT2D eigenvalue weighted by molar-refractivity contribution is 0.310. The highest BCUT2D eigenvalue weighted by atomic mass is 16.6. The number of nitrogens with zero attached hydrogens (tertiary/aromatic N) is 4. The predicted molar refractivity (Wildman–Crippen MR) is 98.0 cm³/mol. The second-order valence-electron chi connectivity index (χ2n) is 5.86. The summed E-state index contributed by atoms with van der Waals surface area (Å²) in [5.74, 6) is 1.42. The lowest BCUT2D eigenvalue weighted by Gasteiger charge is -2.10.